The molecule has 0 aliphatic heterocycles. The lowest BCUT2D eigenvalue weighted by molar-refractivity contribution is -0.139. The van der Waals surface area contributed by atoms with Crippen molar-refractivity contribution in [3.05, 3.63) is 102 Å². The molecule has 3 rings (SSSR count). The van der Waals surface area contributed by atoms with Crippen molar-refractivity contribution in [2.45, 2.75) is 45.1 Å². The van der Waals surface area contributed by atoms with Gasteiger partial charge in [-0.25, -0.2) is 0 Å². The minimum absolute atomic E-state index is 0.112. The Labute approximate surface area is 241 Å². The quantitative estimate of drug-likeness (QED) is 0.148. The summed E-state index contributed by atoms with van der Waals surface area (Å²) in [6.45, 7) is 2.78. The topological polar surface area (TPSA) is 199 Å². The molecule has 1 amide bonds. The maximum atomic E-state index is 10.6. The summed E-state index contributed by atoms with van der Waals surface area (Å²) in [7, 11) is 0. The molecule has 0 bridgehead atoms. The standard InChI is InChI=1S/C9H9NO2.C8H11N.C8H8O2.C6H14N2O2/c1-7(12)10-9-4-2-8(6-11)3-5-9;9-7-6-8-4-2-1-3-5-8;9-8(10)6-7-4-2-1-3-5-7;7-4-2-1-3-5(8)6(9)10/h2-6H,1H3,(H,10,12);1-5H,6-7,9H2;1-5H,6H2,(H,9,10);5H,1-4,7-8H2,(H,9,10). The van der Waals surface area contributed by atoms with E-state index in [9.17, 15) is 19.2 Å². The van der Waals surface area contributed by atoms with Gasteiger partial charge in [-0.3, -0.25) is 19.2 Å². The lowest BCUT2D eigenvalue weighted by atomic mass is 10.1. The van der Waals surface area contributed by atoms with Crippen LogP contribution in [0.5, 0.6) is 0 Å². The minimum atomic E-state index is -0.933. The first-order valence-electron chi connectivity index (χ1n) is 13.1. The molecule has 1 atom stereocenters. The molecule has 0 spiro atoms. The summed E-state index contributed by atoms with van der Waals surface area (Å²) in [5.74, 6) is -1.84. The molecule has 3 aromatic carbocycles. The molecule has 0 saturated carbocycles. The highest BCUT2D eigenvalue weighted by atomic mass is 16.4. The number of hydrogen-bond donors (Lipinski definition) is 6. The SMILES string of the molecule is CC(=O)Nc1ccc(C=O)cc1.NCCCCC(N)C(=O)O.NCCc1ccccc1.O=C(O)Cc1ccccc1. The number of benzene rings is 3. The molecule has 10 nitrogen and oxygen atoms in total. The van der Waals surface area contributed by atoms with Crippen LogP contribution in [0.2, 0.25) is 0 Å². The second-order valence-corrected chi connectivity index (χ2v) is 8.73. The maximum absolute atomic E-state index is 10.6. The van der Waals surface area contributed by atoms with E-state index in [0.29, 0.717) is 24.2 Å². The summed E-state index contributed by atoms with van der Waals surface area (Å²) in [5.41, 5.74) is 19.2. The van der Waals surface area contributed by atoms with Crippen LogP contribution in [-0.4, -0.2) is 53.5 Å². The molecular formula is C31H42N4O6. The van der Waals surface area contributed by atoms with E-state index in [1.165, 1.54) is 12.5 Å². The van der Waals surface area contributed by atoms with Gasteiger partial charge in [0, 0.05) is 18.2 Å². The number of nitrogens with two attached hydrogens (primary N) is 3. The smallest absolute Gasteiger partial charge is 0.320 e. The Morgan fingerprint density at radius 3 is 1.76 bits per heavy atom. The Morgan fingerprint density at radius 1 is 0.805 bits per heavy atom. The lowest BCUT2D eigenvalue weighted by Gasteiger charge is -2.03. The number of carboxylic acids is 2. The fourth-order valence-corrected chi connectivity index (χ4v) is 3.06. The van der Waals surface area contributed by atoms with Crippen LogP contribution >= 0.6 is 0 Å². The number of rotatable bonds is 11. The maximum Gasteiger partial charge on any atom is 0.320 e. The monoisotopic (exact) mass is 566 g/mol. The second-order valence-electron chi connectivity index (χ2n) is 8.73. The highest BCUT2D eigenvalue weighted by Crippen LogP contribution is 2.07. The normalized spacial score (nSPS) is 10.1. The van der Waals surface area contributed by atoms with E-state index in [0.717, 1.165) is 37.7 Å². The first kappa shape index (κ1) is 36.6. The molecule has 1 unspecified atom stereocenters. The van der Waals surface area contributed by atoms with Crippen LogP contribution in [0.25, 0.3) is 0 Å². The predicted molar refractivity (Wildman–Crippen MR) is 162 cm³/mol. The Morgan fingerprint density at radius 2 is 1.34 bits per heavy atom. The summed E-state index contributed by atoms with van der Waals surface area (Å²) >= 11 is 0. The van der Waals surface area contributed by atoms with Gasteiger partial charge in [-0.15, -0.1) is 0 Å². The van der Waals surface area contributed by atoms with Crippen LogP contribution < -0.4 is 22.5 Å². The van der Waals surface area contributed by atoms with E-state index in [1.807, 2.05) is 36.4 Å². The zero-order valence-electron chi connectivity index (χ0n) is 23.4. The zero-order valence-corrected chi connectivity index (χ0v) is 23.4. The average molecular weight is 567 g/mol. The Bertz CT molecular complexity index is 1130. The van der Waals surface area contributed by atoms with Crippen LogP contribution in [0, 0.1) is 0 Å². The van der Waals surface area contributed by atoms with Crippen LogP contribution in [0.3, 0.4) is 0 Å². The Balaban J connectivity index is 0.000000523. The Kier molecular flexibility index (Phi) is 21.0. The Hall–Kier alpha value is -4.38. The lowest BCUT2D eigenvalue weighted by Crippen LogP contribution is -2.29. The number of aldehydes is 1. The number of aliphatic carboxylic acids is 2. The van der Waals surface area contributed by atoms with Crippen LogP contribution in [0.15, 0.2) is 84.9 Å². The fraction of sp³-hybridized carbons (Fsp3) is 0.290. The molecule has 3 aromatic rings. The number of carboxylic acid groups (broad SMARTS) is 2. The predicted octanol–water partition coefficient (Wildman–Crippen LogP) is 3.49. The van der Waals surface area contributed by atoms with E-state index < -0.39 is 18.0 Å². The van der Waals surface area contributed by atoms with Gasteiger partial charge in [-0.1, -0.05) is 67.1 Å². The highest BCUT2D eigenvalue weighted by molar-refractivity contribution is 5.89. The number of nitrogens with one attached hydrogen (secondary N) is 1. The highest BCUT2D eigenvalue weighted by Gasteiger charge is 2.09. The van der Waals surface area contributed by atoms with Gasteiger partial charge in [0.1, 0.15) is 12.3 Å². The van der Waals surface area contributed by atoms with Gasteiger partial charge in [0.2, 0.25) is 5.91 Å². The number of anilines is 1. The van der Waals surface area contributed by atoms with Gasteiger partial charge >= 0.3 is 11.9 Å². The summed E-state index contributed by atoms with van der Waals surface area (Å²) in [6, 6.07) is 25.3. The second kappa shape index (κ2) is 23.5. The van der Waals surface area contributed by atoms with E-state index >= 15 is 0 Å². The van der Waals surface area contributed by atoms with Crippen molar-refractivity contribution >= 4 is 29.8 Å². The molecule has 0 aliphatic carbocycles. The van der Waals surface area contributed by atoms with E-state index in [-0.39, 0.29) is 12.3 Å². The van der Waals surface area contributed by atoms with Crippen molar-refractivity contribution in [2.24, 2.45) is 17.2 Å². The summed E-state index contributed by atoms with van der Waals surface area (Å²) in [6.07, 6.45) is 4.02. The molecule has 10 heteroatoms. The summed E-state index contributed by atoms with van der Waals surface area (Å²) in [4.78, 5) is 41.1. The number of carbonyl (C=O) groups is 4. The summed E-state index contributed by atoms with van der Waals surface area (Å²) < 4.78 is 0. The zero-order chi connectivity index (χ0) is 30.9. The van der Waals surface area contributed by atoms with Gasteiger partial charge in [0.05, 0.1) is 6.42 Å². The van der Waals surface area contributed by atoms with Crippen molar-refractivity contribution in [1.82, 2.24) is 0 Å². The van der Waals surface area contributed by atoms with Crippen LogP contribution in [0.1, 0.15) is 47.7 Å². The van der Waals surface area contributed by atoms with Crippen LogP contribution in [0.4, 0.5) is 5.69 Å². The average Bonchev–Trinajstić information content (AvgIpc) is 2.95. The van der Waals surface area contributed by atoms with E-state index in [2.05, 4.69) is 17.4 Å². The molecule has 9 N–H and O–H groups in total. The van der Waals surface area contributed by atoms with Crippen molar-refractivity contribution in [2.75, 3.05) is 18.4 Å². The number of hydrogen-bond acceptors (Lipinski definition) is 7. The van der Waals surface area contributed by atoms with Crippen molar-refractivity contribution < 1.29 is 29.4 Å². The third-order valence-electron chi connectivity index (χ3n) is 5.13. The molecular weight excluding hydrogens is 524 g/mol. The molecule has 0 radical (unpaired) electrons. The third-order valence-corrected chi connectivity index (χ3v) is 5.13. The summed E-state index contributed by atoms with van der Waals surface area (Å²) in [5, 5.41) is 19.3. The van der Waals surface area contributed by atoms with E-state index in [1.54, 1.807) is 36.4 Å². The van der Waals surface area contributed by atoms with Gasteiger partial charge in [0.25, 0.3) is 0 Å². The number of carbonyl (C=O) groups excluding carboxylic acids is 2. The van der Waals surface area contributed by atoms with Gasteiger partial charge in [-0.05, 0) is 67.7 Å². The van der Waals surface area contributed by atoms with Gasteiger partial charge in [-0.2, -0.15) is 0 Å². The van der Waals surface area contributed by atoms with E-state index in [4.69, 9.17) is 27.4 Å². The molecule has 0 fully saturated rings. The number of unbranched alkanes of at least 4 members (excludes halogenated alkanes) is 1. The van der Waals surface area contributed by atoms with Crippen molar-refractivity contribution in [1.29, 1.82) is 0 Å². The molecule has 0 aliphatic rings. The molecule has 41 heavy (non-hydrogen) atoms. The first-order chi connectivity index (χ1) is 19.6. The molecule has 0 aromatic heterocycles. The minimum Gasteiger partial charge on any atom is -0.481 e. The van der Waals surface area contributed by atoms with Crippen molar-refractivity contribution in [3.8, 4) is 0 Å². The molecule has 222 valence electrons. The van der Waals surface area contributed by atoms with Crippen molar-refractivity contribution in [3.63, 3.8) is 0 Å². The number of amides is 1. The van der Waals surface area contributed by atoms with Crippen LogP contribution in [-0.2, 0) is 27.2 Å². The molecule has 0 saturated heterocycles. The third kappa shape index (κ3) is 21.2. The fourth-order valence-electron chi connectivity index (χ4n) is 3.06. The molecule has 0 heterocycles. The first-order valence-corrected chi connectivity index (χ1v) is 13.1. The van der Waals surface area contributed by atoms with Gasteiger partial charge in [0.15, 0.2) is 0 Å². The van der Waals surface area contributed by atoms with Gasteiger partial charge < -0.3 is 32.7 Å². The largest absolute Gasteiger partial charge is 0.481 e.